The fourth-order valence-corrected chi connectivity index (χ4v) is 2.38. The zero-order chi connectivity index (χ0) is 10.8. The van der Waals surface area contributed by atoms with Gasteiger partial charge in [0.25, 0.3) is 0 Å². The molecule has 1 aliphatic heterocycles. The van der Waals surface area contributed by atoms with E-state index in [1.54, 1.807) is 0 Å². The minimum absolute atomic E-state index is 0.228. The molecule has 0 radical (unpaired) electrons. The molecule has 0 saturated carbocycles. The Bertz CT molecular complexity index is 210. The Hall–Kier alpha value is -0.0500. The van der Waals surface area contributed by atoms with E-state index in [-0.39, 0.29) is 5.41 Å². The van der Waals surface area contributed by atoms with Crippen LogP contribution in [0.2, 0.25) is 0 Å². The number of rotatable bonds is 1. The monoisotopic (exact) mass is 261 g/mol. The second-order valence-electron chi connectivity index (χ2n) is 5.16. The Balaban J connectivity index is 2.56. The molecule has 1 heterocycles. The Labute approximate surface area is 95.2 Å². The molecule has 1 atom stereocenters. The third-order valence-electron chi connectivity index (χ3n) is 2.67. The molecule has 1 unspecified atom stereocenters. The highest BCUT2D eigenvalue weighted by molar-refractivity contribution is 9.09. The molecule has 82 valence electrons. The lowest BCUT2D eigenvalue weighted by atomic mass is 9.92. The fourth-order valence-electron chi connectivity index (χ4n) is 1.85. The molecule has 0 aromatic rings. The number of amides is 1. The molecular weight excluding hydrogens is 242 g/mol. The molecule has 0 aliphatic carbocycles. The summed E-state index contributed by atoms with van der Waals surface area (Å²) < 4.78 is 0. The van der Waals surface area contributed by atoms with Crippen LogP contribution in [0.4, 0.5) is 0 Å². The molecule has 2 nitrogen and oxygen atoms in total. The molecule has 0 spiro atoms. The highest BCUT2D eigenvalue weighted by atomic mass is 79.9. The maximum atomic E-state index is 12.0. The highest BCUT2D eigenvalue weighted by Crippen LogP contribution is 2.24. The predicted octanol–water partition coefficient (Wildman–Crippen LogP) is 2.67. The van der Waals surface area contributed by atoms with E-state index in [2.05, 4.69) is 15.9 Å². The number of piperidine rings is 1. The van der Waals surface area contributed by atoms with E-state index in [9.17, 15) is 4.79 Å². The summed E-state index contributed by atoms with van der Waals surface area (Å²) in [6.07, 6.45) is 2.40. The first-order valence-corrected chi connectivity index (χ1v) is 6.42. The summed E-state index contributed by atoms with van der Waals surface area (Å²) in [5.74, 6) is 0.943. The van der Waals surface area contributed by atoms with Crippen molar-refractivity contribution in [3.05, 3.63) is 0 Å². The van der Waals surface area contributed by atoms with Gasteiger partial charge in [-0.1, -0.05) is 36.7 Å². The number of halogens is 1. The Kier molecular flexibility index (Phi) is 3.99. The normalized spacial score (nSPS) is 23.7. The molecule has 1 rings (SSSR count). The lowest BCUT2D eigenvalue weighted by molar-refractivity contribution is -0.141. The number of hydrogen-bond acceptors (Lipinski definition) is 1. The van der Waals surface area contributed by atoms with Gasteiger partial charge in [0.05, 0.1) is 0 Å². The van der Waals surface area contributed by atoms with Crippen molar-refractivity contribution in [2.24, 2.45) is 11.3 Å². The second-order valence-corrected chi connectivity index (χ2v) is 5.81. The van der Waals surface area contributed by atoms with E-state index in [0.29, 0.717) is 11.8 Å². The molecule has 0 N–H and O–H groups in total. The van der Waals surface area contributed by atoms with Gasteiger partial charge in [0.2, 0.25) is 5.91 Å². The van der Waals surface area contributed by atoms with Gasteiger partial charge < -0.3 is 4.90 Å². The van der Waals surface area contributed by atoms with Crippen LogP contribution in [0.5, 0.6) is 0 Å². The van der Waals surface area contributed by atoms with Crippen LogP contribution in [0.1, 0.15) is 33.6 Å². The molecule has 14 heavy (non-hydrogen) atoms. The van der Waals surface area contributed by atoms with Crippen LogP contribution in [0.25, 0.3) is 0 Å². The first kappa shape index (κ1) is 12.0. The van der Waals surface area contributed by atoms with Gasteiger partial charge in [-0.25, -0.2) is 0 Å². The molecule has 1 aliphatic rings. The Morgan fingerprint density at radius 3 is 2.64 bits per heavy atom. The second kappa shape index (κ2) is 4.65. The van der Waals surface area contributed by atoms with E-state index < -0.39 is 0 Å². The number of hydrogen-bond donors (Lipinski definition) is 0. The Morgan fingerprint density at radius 1 is 1.50 bits per heavy atom. The minimum Gasteiger partial charge on any atom is -0.342 e. The molecule has 0 aromatic carbocycles. The van der Waals surface area contributed by atoms with Gasteiger partial charge in [0, 0.05) is 23.8 Å². The SMILES string of the molecule is CC(C)(C)C(=O)N1CCCC(CBr)C1. The highest BCUT2D eigenvalue weighted by Gasteiger charge is 2.30. The maximum absolute atomic E-state index is 12.0. The van der Waals surface area contributed by atoms with Gasteiger partial charge in [0.1, 0.15) is 0 Å². The van der Waals surface area contributed by atoms with Crippen LogP contribution in [0.15, 0.2) is 0 Å². The van der Waals surface area contributed by atoms with E-state index in [0.717, 1.165) is 24.8 Å². The zero-order valence-electron chi connectivity index (χ0n) is 9.35. The maximum Gasteiger partial charge on any atom is 0.227 e. The average Bonchev–Trinajstić information content (AvgIpc) is 2.15. The van der Waals surface area contributed by atoms with Crippen molar-refractivity contribution >= 4 is 21.8 Å². The van der Waals surface area contributed by atoms with Crippen molar-refractivity contribution in [1.82, 2.24) is 4.90 Å². The number of carbonyl (C=O) groups is 1. The van der Waals surface area contributed by atoms with Crippen molar-refractivity contribution in [3.8, 4) is 0 Å². The minimum atomic E-state index is -0.228. The molecule has 3 heteroatoms. The largest absolute Gasteiger partial charge is 0.342 e. The molecule has 1 amide bonds. The van der Waals surface area contributed by atoms with Crippen LogP contribution in [-0.2, 0) is 4.79 Å². The van der Waals surface area contributed by atoms with Gasteiger partial charge in [-0.15, -0.1) is 0 Å². The fraction of sp³-hybridized carbons (Fsp3) is 0.909. The van der Waals surface area contributed by atoms with E-state index >= 15 is 0 Å². The third-order valence-corrected chi connectivity index (χ3v) is 3.58. The van der Waals surface area contributed by atoms with Gasteiger partial charge in [0.15, 0.2) is 0 Å². The van der Waals surface area contributed by atoms with Gasteiger partial charge >= 0.3 is 0 Å². The smallest absolute Gasteiger partial charge is 0.227 e. The number of likely N-dealkylation sites (tertiary alicyclic amines) is 1. The summed E-state index contributed by atoms with van der Waals surface area (Å²) in [4.78, 5) is 14.0. The molecule has 1 saturated heterocycles. The van der Waals surface area contributed by atoms with E-state index in [1.807, 2.05) is 25.7 Å². The summed E-state index contributed by atoms with van der Waals surface area (Å²) in [7, 11) is 0. The van der Waals surface area contributed by atoms with Crippen molar-refractivity contribution in [2.45, 2.75) is 33.6 Å². The average molecular weight is 262 g/mol. The van der Waals surface area contributed by atoms with Crippen LogP contribution < -0.4 is 0 Å². The van der Waals surface area contributed by atoms with Crippen molar-refractivity contribution in [1.29, 1.82) is 0 Å². The molecular formula is C11H20BrNO. The Morgan fingerprint density at radius 2 is 2.14 bits per heavy atom. The lowest BCUT2D eigenvalue weighted by Gasteiger charge is -2.35. The summed E-state index contributed by atoms with van der Waals surface area (Å²) in [6, 6.07) is 0. The number of alkyl halides is 1. The number of carbonyl (C=O) groups excluding carboxylic acids is 1. The summed E-state index contributed by atoms with van der Waals surface area (Å²) >= 11 is 3.50. The predicted molar refractivity (Wildman–Crippen MR) is 62.6 cm³/mol. The summed E-state index contributed by atoms with van der Waals surface area (Å²) in [5, 5.41) is 1.01. The van der Waals surface area contributed by atoms with Crippen LogP contribution in [-0.4, -0.2) is 29.2 Å². The molecule has 1 fully saturated rings. The standard InChI is InChI=1S/C11H20BrNO/c1-11(2,3)10(14)13-6-4-5-9(7-12)8-13/h9H,4-8H2,1-3H3. The van der Waals surface area contributed by atoms with E-state index in [1.165, 1.54) is 6.42 Å². The first-order valence-electron chi connectivity index (χ1n) is 5.30. The summed E-state index contributed by atoms with van der Waals surface area (Å²) in [5.41, 5.74) is -0.228. The van der Waals surface area contributed by atoms with Crippen LogP contribution >= 0.6 is 15.9 Å². The van der Waals surface area contributed by atoms with Crippen LogP contribution in [0.3, 0.4) is 0 Å². The lowest BCUT2D eigenvalue weighted by Crippen LogP contribution is -2.45. The van der Waals surface area contributed by atoms with Crippen LogP contribution in [0, 0.1) is 11.3 Å². The molecule has 0 aromatic heterocycles. The third kappa shape index (κ3) is 2.97. The topological polar surface area (TPSA) is 20.3 Å². The van der Waals surface area contributed by atoms with Crippen molar-refractivity contribution in [2.75, 3.05) is 18.4 Å². The quantitative estimate of drug-likeness (QED) is 0.665. The molecule has 0 bridgehead atoms. The first-order chi connectivity index (χ1) is 6.45. The number of nitrogens with zero attached hydrogens (tertiary/aromatic N) is 1. The van der Waals surface area contributed by atoms with Gasteiger partial charge in [-0.2, -0.15) is 0 Å². The summed E-state index contributed by atoms with van der Waals surface area (Å²) in [6.45, 7) is 7.86. The van der Waals surface area contributed by atoms with Crippen molar-refractivity contribution < 1.29 is 4.79 Å². The van der Waals surface area contributed by atoms with Gasteiger partial charge in [-0.05, 0) is 18.8 Å². The van der Waals surface area contributed by atoms with Crippen molar-refractivity contribution in [3.63, 3.8) is 0 Å². The van der Waals surface area contributed by atoms with Gasteiger partial charge in [-0.3, -0.25) is 4.79 Å². The zero-order valence-corrected chi connectivity index (χ0v) is 10.9. The van der Waals surface area contributed by atoms with E-state index in [4.69, 9.17) is 0 Å².